The number of benzene rings is 3. The summed E-state index contributed by atoms with van der Waals surface area (Å²) < 4.78 is 21.6. The van der Waals surface area contributed by atoms with Crippen LogP contribution in [0.15, 0.2) is 60.7 Å². The summed E-state index contributed by atoms with van der Waals surface area (Å²) in [4.78, 5) is 10.2. The van der Waals surface area contributed by atoms with E-state index in [1.165, 1.54) is 31.5 Å². The highest BCUT2D eigenvalue weighted by molar-refractivity contribution is 5.87. The van der Waals surface area contributed by atoms with Gasteiger partial charge in [0.25, 0.3) is 0 Å². The molecule has 0 amide bonds. The maximum atomic E-state index is 6.51. The fourth-order valence-corrected chi connectivity index (χ4v) is 6.29. The van der Waals surface area contributed by atoms with Gasteiger partial charge in [0.2, 0.25) is 0 Å². The number of rotatable bonds is 17. The minimum Gasteiger partial charge on any atom is -0.492 e. The number of likely N-dealkylation sites (tertiary alicyclic amines) is 1. The van der Waals surface area contributed by atoms with E-state index >= 15 is 0 Å². The summed E-state index contributed by atoms with van der Waals surface area (Å²) in [5.74, 6) is 4.17. The fourth-order valence-electron chi connectivity index (χ4n) is 6.29. The number of aryl methyl sites for hydroxylation is 1. The molecule has 0 radical (unpaired) electrons. The second-order valence-corrected chi connectivity index (χ2v) is 13.8. The van der Waals surface area contributed by atoms with Crippen molar-refractivity contribution >= 4 is 11.0 Å². The third kappa shape index (κ3) is 9.29. The van der Waals surface area contributed by atoms with E-state index in [1.54, 1.807) is 0 Å². The molecule has 7 nitrogen and oxygen atoms in total. The second-order valence-electron chi connectivity index (χ2n) is 13.8. The second kappa shape index (κ2) is 16.5. The molecule has 1 aromatic heterocycles. The zero-order valence-corrected chi connectivity index (χ0v) is 29.7. The number of fused-ring (bicyclic) bond motifs is 1. The van der Waals surface area contributed by atoms with Crippen LogP contribution in [0.2, 0.25) is 0 Å². The molecular formula is C40H56N4O3. The maximum Gasteiger partial charge on any atom is 0.150 e. The first kappa shape index (κ1) is 34.8. The predicted octanol–water partition coefficient (Wildman–Crippen LogP) is 9.18. The average molecular weight is 641 g/mol. The van der Waals surface area contributed by atoms with Crippen LogP contribution in [-0.4, -0.2) is 71.8 Å². The van der Waals surface area contributed by atoms with Crippen molar-refractivity contribution in [3.05, 3.63) is 66.2 Å². The first-order chi connectivity index (χ1) is 22.8. The maximum absolute atomic E-state index is 6.51. The molecule has 0 spiro atoms. The molecule has 1 aliphatic heterocycles. The van der Waals surface area contributed by atoms with Gasteiger partial charge in [-0.1, -0.05) is 72.2 Å². The van der Waals surface area contributed by atoms with E-state index < -0.39 is 0 Å². The van der Waals surface area contributed by atoms with Gasteiger partial charge in [-0.2, -0.15) is 0 Å². The lowest BCUT2D eigenvalue weighted by Crippen LogP contribution is -2.25. The van der Waals surface area contributed by atoms with Gasteiger partial charge in [-0.3, -0.25) is 4.90 Å². The minimum absolute atomic E-state index is 0.0999. The molecule has 0 N–H and O–H groups in total. The van der Waals surface area contributed by atoms with E-state index in [0.29, 0.717) is 13.2 Å². The van der Waals surface area contributed by atoms with Crippen molar-refractivity contribution in [3.8, 4) is 34.4 Å². The highest BCUT2D eigenvalue weighted by atomic mass is 16.5. The molecule has 0 aliphatic carbocycles. The van der Waals surface area contributed by atoms with Gasteiger partial charge in [0.05, 0.1) is 12.1 Å². The van der Waals surface area contributed by atoms with Crippen molar-refractivity contribution in [2.45, 2.75) is 85.6 Å². The summed E-state index contributed by atoms with van der Waals surface area (Å²) in [5.41, 5.74) is 4.34. The Bertz CT molecular complexity index is 1550. The van der Waals surface area contributed by atoms with Crippen molar-refractivity contribution in [1.29, 1.82) is 0 Å². The topological polar surface area (TPSA) is 52.0 Å². The lowest BCUT2D eigenvalue weighted by atomic mass is 9.87. The van der Waals surface area contributed by atoms with Gasteiger partial charge in [0.1, 0.15) is 35.2 Å². The molecule has 1 aliphatic rings. The van der Waals surface area contributed by atoms with E-state index in [9.17, 15) is 0 Å². The summed E-state index contributed by atoms with van der Waals surface area (Å²) in [7, 11) is 0. The first-order valence-corrected chi connectivity index (χ1v) is 17.9. The fraction of sp³-hybridized carbons (Fsp3) is 0.525. The highest BCUT2D eigenvalue weighted by Gasteiger charge is 2.20. The van der Waals surface area contributed by atoms with Crippen LogP contribution < -0.4 is 14.2 Å². The molecule has 7 heteroatoms. The normalized spacial score (nSPS) is 13.9. The van der Waals surface area contributed by atoms with Gasteiger partial charge in [0, 0.05) is 37.3 Å². The summed E-state index contributed by atoms with van der Waals surface area (Å²) in [5, 5.41) is 0. The summed E-state index contributed by atoms with van der Waals surface area (Å²) in [6, 6.07) is 20.9. The van der Waals surface area contributed by atoms with Gasteiger partial charge in [-0.25, -0.2) is 4.98 Å². The molecule has 2 heterocycles. The minimum atomic E-state index is 0.0999. The number of imidazole rings is 1. The predicted molar refractivity (Wildman–Crippen MR) is 194 cm³/mol. The Hall–Kier alpha value is -3.55. The summed E-state index contributed by atoms with van der Waals surface area (Å²) in [6.07, 6.45) is 5.67. The molecule has 0 bridgehead atoms. The van der Waals surface area contributed by atoms with E-state index in [0.717, 1.165) is 97.4 Å². The van der Waals surface area contributed by atoms with E-state index in [2.05, 4.69) is 104 Å². The Kier molecular flexibility index (Phi) is 12.2. The van der Waals surface area contributed by atoms with Crippen LogP contribution in [0, 0.1) is 0 Å². The monoisotopic (exact) mass is 640 g/mol. The molecule has 0 unspecified atom stereocenters. The van der Waals surface area contributed by atoms with Crippen LogP contribution in [0.25, 0.3) is 22.4 Å². The van der Waals surface area contributed by atoms with Crippen molar-refractivity contribution in [2.75, 3.05) is 52.5 Å². The molecule has 3 aromatic carbocycles. The number of hydrogen-bond donors (Lipinski definition) is 0. The molecule has 254 valence electrons. The summed E-state index contributed by atoms with van der Waals surface area (Å²) in [6.45, 7) is 21.9. The Morgan fingerprint density at radius 3 is 2.26 bits per heavy atom. The van der Waals surface area contributed by atoms with Crippen LogP contribution in [-0.2, 0) is 12.0 Å². The first-order valence-electron chi connectivity index (χ1n) is 17.9. The SMILES string of the molecule is CCCCn1c(-c2cccc(Oc3ccc(C(C)(C)C)cc3)c2)nc2c(OCCCN(CC)CC)cc(OCCN3CCCC3)cc21. The van der Waals surface area contributed by atoms with Gasteiger partial charge in [-0.05, 0) is 87.1 Å². The Morgan fingerprint density at radius 1 is 0.787 bits per heavy atom. The van der Waals surface area contributed by atoms with Crippen molar-refractivity contribution in [1.82, 2.24) is 19.4 Å². The Labute approximate surface area is 282 Å². The molecule has 1 fully saturated rings. The van der Waals surface area contributed by atoms with E-state index in [-0.39, 0.29) is 5.41 Å². The molecule has 1 saturated heterocycles. The van der Waals surface area contributed by atoms with Crippen LogP contribution >= 0.6 is 0 Å². The van der Waals surface area contributed by atoms with Crippen molar-refractivity contribution in [2.24, 2.45) is 0 Å². The quantitative estimate of drug-likeness (QED) is 0.107. The lowest BCUT2D eigenvalue weighted by molar-refractivity contribution is 0.234. The van der Waals surface area contributed by atoms with Crippen LogP contribution in [0.1, 0.15) is 79.2 Å². The average Bonchev–Trinajstić information content (AvgIpc) is 3.72. The van der Waals surface area contributed by atoms with Gasteiger partial charge < -0.3 is 23.7 Å². The van der Waals surface area contributed by atoms with E-state index in [1.807, 2.05) is 12.1 Å². The van der Waals surface area contributed by atoms with Gasteiger partial charge >= 0.3 is 0 Å². The Morgan fingerprint density at radius 2 is 1.55 bits per heavy atom. The molecular weight excluding hydrogens is 584 g/mol. The van der Waals surface area contributed by atoms with E-state index in [4.69, 9.17) is 19.2 Å². The van der Waals surface area contributed by atoms with Crippen LogP contribution in [0.3, 0.4) is 0 Å². The molecule has 47 heavy (non-hydrogen) atoms. The standard InChI is InChI=1S/C40H56N4O3/c1-7-10-24-44-36-29-35(45-27-25-43-21-11-12-22-43)30-37(46-26-14-23-42(8-2)9-3)38(36)41-39(44)31-15-13-16-34(28-31)47-33-19-17-32(18-20-33)40(4,5)6/h13,15-20,28-30H,7-12,14,21-27H2,1-6H3. The third-order valence-corrected chi connectivity index (χ3v) is 9.22. The molecule has 0 atom stereocenters. The number of nitrogens with zero attached hydrogens (tertiary/aromatic N) is 4. The van der Waals surface area contributed by atoms with Crippen LogP contribution in [0.4, 0.5) is 0 Å². The summed E-state index contributed by atoms with van der Waals surface area (Å²) >= 11 is 0. The molecule has 5 rings (SSSR count). The molecule has 0 saturated carbocycles. The Balaban J connectivity index is 1.45. The highest BCUT2D eigenvalue weighted by Crippen LogP contribution is 2.36. The van der Waals surface area contributed by atoms with Gasteiger partial charge in [0.15, 0.2) is 5.75 Å². The molecule has 4 aromatic rings. The number of aromatic nitrogens is 2. The number of hydrogen-bond acceptors (Lipinski definition) is 6. The zero-order valence-electron chi connectivity index (χ0n) is 29.7. The lowest BCUT2D eigenvalue weighted by Gasteiger charge is -2.19. The number of ether oxygens (including phenoxy) is 3. The zero-order chi connectivity index (χ0) is 33.2. The van der Waals surface area contributed by atoms with Crippen molar-refractivity contribution in [3.63, 3.8) is 0 Å². The largest absolute Gasteiger partial charge is 0.492 e. The van der Waals surface area contributed by atoms with Crippen LogP contribution in [0.5, 0.6) is 23.0 Å². The van der Waals surface area contributed by atoms with Crippen molar-refractivity contribution < 1.29 is 14.2 Å². The third-order valence-electron chi connectivity index (χ3n) is 9.22. The number of unbranched alkanes of at least 4 members (excludes halogenated alkanes) is 1. The van der Waals surface area contributed by atoms with Gasteiger partial charge in [-0.15, -0.1) is 0 Å². The smallest absolute Gasteiger partial charge is 0.150 e.